The van der Waals surface area contributed by atoms with E-state index in [-0.39, 0.29) is 12.2 Å². The van der Waals surface area contributed by atoms with Crippen molar-refractivity contribution in [3.63, 3.8) is 0 Å². The highest BCUT2D eigenvalue weighted by atomic mass is 16.5. The van der Waals surface area contributed by atoms with Gasteiger partial charge in [0.2, 0.25) is 5.88 Å². The van der Waals surface area contributed by atoms with Gasteiger partial charge in [-0.25, -0.2) is 4.98 Å². The first-order valence-electron chi connectivity index (χ1n) is 6.73. The van der Waals surface area contributed by atoms with Gasteiger partial charge in [-0.2, -0.15) is 0 Å². The van der Waals surface area contributed by atoms with Crippen LogP contribution in [0.15, 0.2) is 30.3 Å². The SMILES string of the molecule is COC(C)(C)CCOc1cc(CO)c2ccccc2n1. The third-order valence-corrected chi connectivity index (χ3v) is 3.46. The van der Waals surface area contributed by atoms with Crippen molar-refractivity contribution in [1.29, 1.82) is 0 Å². The Morgan fingerprint density at radius 1 is 1.25 bits per heavy atom. The third kappa shape index (κ3) is 3.46. The van der Waals surface area contributed by atoms with Gasteiger partial charge in [-0.1, -0.05) is 18.2 Å². The maximum Gasteiger partial charge on any atom is 0.214 e. The van der Waals surface area contributed by atoms with Gasteiger partial charge in [-0.3, -0.25) is 0 Å². The Labute approximate surface area is 119 Å². The van der Waals surface area contributed by atoms with Crippen LogP contribution in [0.1, 0.15) is 25.8 Å². The highest BCUT2D eigenvalue weighted by Crippen LogP contribution is 2.22. The van der Waals surface area contributed by atoms with E-state index < -0.39 is 0 Å². The molecule has 2 aromatic rings. The molecule has 20 heavy (non-hydrogen) atoms. The summed E-state index contributed by atoms with van der Waals surface area (Å²) in [5, 5.41) is 10.4. The van der Waals surface area contributed by atoms with E-state index in [4.69, 9.17) is 9.47 Å². The number of ether oxygens (including phenoxy) is 2. The normalized spacial score (nSPS) is 11.8. The Hall–Kier alpha value is -1.65. The van der Waals surface area contributed by atoms with Crippen molar-refractivity contribution >= 4 is 10.9 Å². The second kappa shape index (κ2) is 6.20. The Bertz CT molecular complexity index is 581. The molecular formula is C16H21NO3. The summed E-state index contributed by atoms with van der Waals surface area (Å²) in [4.78, 5) is 4.46. The minimum Gasteiger partial charge on any atom is -0.478 e. The largest absolute Gasteiger partial charge is 0.478 e. The number of nitrogens with zero attached hydrogens (tertiary/aromatic N) is 1. The van der Waals surface area contributed by atoms with Crippen molar-refractivity contribution in [1.82, 2.24) is 4.98 Å². The Balaban J connectivity index is 2.15. The molecule has 0 unspecified atom stereocenters. The van der Waals surface area contributed by atoms with Crippen LogP contribution in [0.5, 0.6) is 5.88 Å². The van der Waals surface area contributed by atoms with Gasteiger partial charge >= 0.3 is 0 Å². The molecule has 1 N–H and O–H groups in total. The van der Waals surface area contributed by atoms with Gasteiger partial charge in [0, 0.05) is 25.0 Å². The molecule has 1 aromatic carbocycles. The first-order valence-corrected chi connectivity index (χ1v) is 6.73. The minimum atomic E-state index is -0.212. The van der Waals surface area contributed by atoms with Crippen LogP contribution in [0.4, 0.5) is 0 Å². The zero-order valence-corrected chi connectivity index (χ0v) is 12.2. The fourth-order valence-electron chi connectivity index (χ4n) is 1.93. The standard InChI is InChI=1S/C16H21NO3/c1-16(2,19-3)8-9-20-15-10-12(11-18)13-6-4-5-7-14(13)17-15/h4-7,10,18H,8-9,11H2,1-3H3. The summed E-state index contributed by atoms with van der Waals surface area (Å²) in [6.07, 6.45) is 0.770. The lowest BCUT2D eigenvalue weighted by atomic mass is 10.1. The lowest BCUT2D eigenvalue weighted by Gasteiger charge is -2.22. The number of hydrogen-bond donors (Lipinski definition) is 1. The van der Waals surface area contributed by atoms with E-state index in [0.717, 1.165) is 22.9 Å². The number of rotatable bonds is 6. The van der Waals surface area contributed by atoms with Gasteiger partial charge in [0.05, 0.1) is 24.3 Å². The second-order valence-corrected chi connectivity index (χ2v) is 5.36. The first-order chi connectivity index (χ1) is 9.55. The third-order valence-electron chi connectivity index (χ3n) is 3.46. The number of fused-ring (bicyclic) bond motifs is 1. The Kier molecular flexibility index (Phi) is 4.57. The van der Waals surface area contributed by atoms with Crippen LogP contribution in [0, 0.1) is 0 Å². The molecule has 0 aliphatic carbocycles. The first kappa shape index (κ1) is 14.8. The lowest BCUT2D eigenvalue weighted by molar-refractivity contribution is 0.00510. The molecule has 0 amide bonds. The van der Waals surface area contributed by atoms with Crippen LogP contribution < -0.4 is 4.74 Å². The highest BCUT2D eigenvalue weighted by Gasteiger charge is 2.16. The van der Waals surface area contributed by atoms with E-state index >= 15 is 0 Å². The zero-order valence-electron chi connectivity index (χ0n) is 12.2. The molecule has 0 radical (unpaired) electrons. The van der Waals surface area contributed by atoms with E-state index in [1.165, 1.54) is 0 Å². The molecule has 0 aliphatic heterocycles. The lowest BCUT2D eigenvalue weighted by Crippen LogP contribution is -2.25. The van der Waals surface area contributed by atoms with Gasteiger partial charge < -0.3 is 14.6 Å². The second-order valence-electron chi connectivity index (χ2n) is 5.36. The maximum atomic E-state index is 9.45. The predicted octanol–water partition coefficient (Wildman–Crippen LogP) is 2.92. The molecule has 0 saturated carbocycles. The number of pyridine rings is 1. The number of hydrogen-bond acceptors (Lipinski definition) is 4. The van der Waals surface area contributed by atoms with Gasteiger partial charge in [0.15, 0.2) is 0 Å². The molecule has 0 spiro atoms. The van der Waals surface area contributed by atoms with E-state index in [9.17, 15) is 5.11 Å². The van der Waals surface area contributed by atoms with Gasteiger partial charge in [0.25, 0.3) is 0 Å². The number of aliphatic hydroxyl groups is 1. The molecule has 1 heterocycles. The van der Waals surface area contributed by atoms with Crippen LogP contribution in [-0.4, -0.2) is 29.4 Å². The summed E-state index contributed by atoms with van der Waals surface area (Å²) in [6.45, 7) is 4.53. The number of para-hydroxylation sites is 1. The van der Waals surface area contributed by atoms with Crippen LogP contribution in [0.2, 0.25) is 0 Å². The molecule has 2 rings (SSSR count). The van der Waals surface area contributed by atoms with E-state index in [0.29, 0.717) is 12.5 Å². The van der Waals surface area contributed by atoms with Crippen molar-refractivity contribution in [2.24, 2.45) is 0 Å². The Morgan fingerprint density at radius 2 is 2.00 bits per heavy atom. The van der Waals surface area contributed by atoms with Crippen LogP contribution in [-0.2, 0) is 11.3 Å². The molecule has 4 heteroatoms. The topological polar surface area (TPSA) is 51.6 Å². The Morgan fingerprint density at radius 3 is 2.70 bits per heavy atom. The van der Waals surface area contributed by atoms with Crippen molar-refractivity contribution in [3.05, 3.63) is 35.9 Å². The number of aliphatic hydroxyl groups excluding tert-OH is 1. The molecule has 4 nitrogen and oxygen atoms in total. The summed E-state index contributed by atoms with van der Waals surface area (Å²) in [5.74, 6) is 0.541. The number of aromatic nitrogens is 1. The van der Waals surface area contributed by atoms with Crippen molar-refractivity contribution in [2.75, 3.05) is 13.7 Å². The summed E-state index contributed by atoms with van der Waals surface area (Å²) < 4.78 is 11.0. The quantitative estimate of drug-likeness (QED) is 0.880. The summed E-state index contributed by atoms with van der Waals surface area (Å²) >= 11 is 0. The molecule has 108 valence electrons. The van der Waals surface area contributed by atoms with E-state index in [1.807, 2.05) is 38.1 Å². The molecule has 0 bridgehead atoms. The fraction of sp³-hybridized carbons (Fsp3) is 0.438. The van der Waals surface area contributed by atoms with Gasteiger partial charge in [-0.05, 0) is 25.5 Å². The van der Waals surface area contributed by atoms with Crippen molar-refractivity contribution < 1.29 is 14.6 Å². The average molecular weight is 275 g/mol. The molecule has 1 aromatic heterocycles. The van der Waals surface area contributed by atoms with Crippen LogP contribution in [0.25, 0.3) is 10.9 Å². The fourth-order valence-corrected chi connectivity index (χ4v) is 1.93. The summed E-state index contributed by atoms with van der Waals surface area (Å²) in [7, 11) is 1.69. The highest BCUT2D eigenvalue weighted by molar-refractivity contribution is 5.82. The monoisotopic (exact) mass is 275 g/mol. The van der Waals surface area contributed by atoms with Crippen molar-refractivity contribution in [3.8, 4) is 5.88 Å². The molecule has 0 atom stereocenters. The predicted molar refractivity (Wildman–Crippen MR) is 78.9 cm³/mol. The van der Waals surface area contributed by atoms with Crippen molar-refractivity contribution in [2.45, 2.75) is 32.5 Å². The smallest absolute Gasteiger partial charge is 0.214 e. The number of methoxy groups -OCH3 is 1. The summed E-state index contributed by atoms with van der Waals surface area (Å²) in [5.41, 5.74) is 1.45. The minimum absolute atomic E-state index is 0.0248. The molecular weight excluding hydrogens is 254 g/mol. The maximum absolute atomic E-state index is 9.45. The molecule has 0 aliphatic rings. The number of benzene rings is 1. The zero-order chi connectivity index (χ0) is 14.6. The van der Waals surface area contributed by atoms with Crippen LogP contribution in [0.3, 0.4) is 0 Å². The van der Waals surface area contributed by atoms with Gasteiger partial charge in [0.1, 0.15) is 0 Å². The average Bonchev–Trinajstić information content (AvgIpc) is 2.46. The van der Waals surface area contributed by atoms with Crippen LogP contribution >= 0.6 is 0 Å². The van der Waals surface area contributed by atoms with E-state index in [2.05, 4.69) is 4.98 Å². The molecule has 0 saturated heterocycles. The van der Waals surface area contributed by atoms with Gasteiger partial charge in [-0.15, -0.1) is 0 Å². The molecule has 0 fully saturated rings. The van der Waals surface area contributed by atoms with E-state index in [1.54, 1.807) is 13.2 Å². The summed E-state index contributed by atoms with van der Waals surface area (Å²) in [6, 6.07) is 9.52.